The van der Waals surface area contributed by atoms with E-state index in [2.05, 4.69) is 44.3 Å². The van der Waals surface area contributed by atoms with Crippen molar-refractivity contribution < 1.29 is 4.79 Å². The van der Waals surface area contributed by atoms with Gasteiger partial charge in [0.25, 0.3) is 0 Å². The Morgan fingerprint density at radius 2 is 2.00 bits per heavy atom. The minimum absolute atomic E-state index is 0.0473. The molecule has 2 aromatic rings. The number of aryl methyl sites for hydroxylation is 3. The maximum absolute atomic E-state index is 12.0. The van der Waals surface area contributed by atoms with Crippen LogP contribution >= 0.6 is 23.1 Å². The highest BCUT2D eigenvalue weighted by atomic mass is 32.2. The van der Waals surface area contributed by atoms with Gasteiger partial charge in [0.15, 0.2) is 0 Å². The Balaban J connectivity index is 1.89. The Labute approximate surface area is 139 Å². The molecule has 3 nitrogen and oxygen atoms in total. The second kappa shape index (κ2) is 7.48. The van der Waals surface area contributed by atoms with Gasteiger partial charge in [0.2, 0.25) is 5.91 Å². The van der Waals surface area contributed by atoms with E-state index in [1.165, 1.54) is 32.9 Å². The molecule has 0 aliphatic rings. The van der Waals surface area contributed by atoms with Gasteiger partial charge in [-0.1, -0.05) is 17.7 Å². The van der Waals surface area contributed by atoms with Crippen molar-refractivity contribution in [3.8, 4) is 6.07 Å². The van der Waals surface area contributed by atoms with Gasteiger partial charge in [-0.25, -0.2) is 0 Å². The second-order valence-electron chi connectivity index (χ2n) is 5.15. The number of rotatable bonds is 5. The standard InChI is InChI=1S/C17H18N2OS2/c1-11-8-12(2)16(13(3)9-11)21-7-5-15(20)19-17-14(10-18)4-6-22-17/h4,6,8-9H,5,7H2,1-3H3,(H,19,20). The number of nitriles is 1. The Hall–Kier alpha value is -1.77. The lowest BCUT2D eigenvalue weighted by atomic mass is 10.1. The van der Waals surface area contributed by atoms with Crippen LogP contribution in [0.5, 0.6) is 0 Å². The van der Waals surface area contributed by atoms with Crippen LogP contribution in [0.3, 0.4) is 0 Å². The van der Waals surface area contributed by atoms with Crippen LogP contribution in [0.2, 0.25) is 0 Å². The Bertz CT molecular complexity index is 705. The molecule has 0 saturated heterocycles. The molecule has 1 amide bonds. The highest BCUT2D eigenvalue weighted by Gasteiger charge is 2.10. The first-order valence-corrected chi connectivity index (χ1v) is 8.86. The van der Waals surface area contributed by atoms with E-state index in [1.807, 2.05) is 5.38 Å². The average molecular weight is 330 g/mol. The van der Waals surface area contributed by atoms with Gasteiger partial charge in [-0.3, -0.25) is 4.79 Å². The predicted octanol–water partition coefficient (Wildman–Crippen LogP) is 4.67. The van der Waals surface area contributed by atoms with Gasteiger partial charge in [0.1, 0.15) is 11.1 Å². The van der Waals surface area contributed by atoms with Crippen LogP contribution in [-0.4, -0.2) is 11.7 Å². The number of amides is 1. The number of hydrogen-bond acceptors (Lipinski definition) is 4. The van der Waals surface area contributed by atoms with E-state index >= 15 is 0 Å². The van der Waals surface area contributed by atoms with Gasteiger partial charge in [-0.05, 0) is 43.3 Å². The van der Waals surface area contributed by atoms with Crippen LogP contribution in [0, 0.1) is 32.1 Å². The normalized spacial score (nSPS) is 10.3. The fourth-order valence-electron chi connectivity index (χ4n) is 2.32. The quantitative estimate of drug-likeness (QED) is 0.811. The van der Waals surface area contributed by atoms with Crippen molar-refractivity contribution in [1.29, 1.82) is 5.26 Å². The van der Waals surface area contributed by atoms with E-state index in [9.17, 15) is 4.79 Å². The number of nitrogens with one attached hydrogen (secondary N) is 1. The molecule has 1 aromatic heterocycles. The molecule has 2 rings (SSSR count). The summed E-state index contributed by atoms with van der Waals surface area (Å²) in [6.07, 6.45) is 0.431. The average Bonchev–Trinajstić information content (AvgIpc) is 2.88. The summed E-state index contributed by atoms with van der Waals surface area (Å²) in [6, 6.07) is 8.12. The van der Waals surface area contributed by atoms with Crippen molar-refractivity contribution >= 4 is 34.0 Å². The molecule has 0 bridgehead atoms. The van der Waals surface area contributed by atoms with E-state index in [0.29, 0.717) is 17.0 Å². The lowest BCUT2D eigenvalue weighted by Crippen LogP contribution is -2.12. The number of hydrogen-bond donors (Lipinski definition) is 1. The highest BCUT2D eigenvalue weighted by molar-refractivity contribution is 7.99. The molecule has 1 heterocycles. The molecule has 5 heteroatoms. The van der Waals surface area contributed by atoms with Crippen molar-refractivity contribution in [2.24, 2.45) is 0 Å². The Morgan fingerprint density at radius 3 is 2.64 bits per heavy atom. The number of nitrogens with zero attached hydrogens (tertiary/aromatic N) is 1. The monoisotopic (exact) mass is 330 g/mol. The van der Waals surface area contributed by atoms with E-state index in [1.54, 1.807) is 17.8 Å². The van der Waals surface area contributed by atoms with Crippen LogP contribution in [0.15, 0.2) is 28.5 Å². The molecular formula is C17H18N2OS2. The number of thiophene rings is 1. The second-order valence-corrected chi connectivity index (χ2v) is 7.17. The zero-order valence-electron chi connectivity index (χ0n) is 12.9. The van der Waals surface area contributed by atoms with Gasteiger partial charge >= 0.3 is 0 Å². The lowest BCUT2D eigenvalue weighted by molar-refractivity contribution is -0.115. The summed E-state index contributed by atoms with van der Waals surface area (Å²) in [5.74, 6) is 0.679. The van der Waals surface area contributed by atoms with E-state index in [-0.39, 0.29) is 5.91 Å². The van der Waals surface area contributed by atoms with Gasteiger partial charge < -0.3 is 5.32 Å². The summed E-state index contributed by atoms with van der Waals surface area (Å²) < 4.78 is 0. The SMILES string of the molecule is Cc1cc(C)c(SCCC(=O)Nc2sccc2C#N)c(C)c1. The van der Waals surface area contributed by atoms with Crippen LogP contribution in [-0.2, 0) is 4.79 Å². The lowest BCUT2D eigenvalue weighted by Gasteiger charge is -2.10. The minimum Gasteiger partial charge on any atom is -0.317 e. The molecule has 0 spiro atoms. The van der Waals surface area contributed by atoms with Gasteiger partial charge in [-0.2, -0.15) is 5.26 Å². The number of carbonyl (C=O) groups excluding carboxylic acids is 1. The molecule has 114 valence electrons. The number of carbonyl (C=O) groups is 1. The maximum atomic E-state index is 12.0. The summed E-state index contributed by atoms with van der Waals surface area (Å²) in [7, 11) is 0. The summed E-state index contributed by atoms with van der Waals surface area (Å²) >= 11 is 3.09. The van der Waals surface area contributed by atoms with Crippen molar-refractivity contribution in [2.75, 3.05) is 11.1 Å². The highest BCUT2D eigenvalue weighted by Crippen LogP contribution is 2.28. The molecule has 1 N–H and O–H groups in total. The van der Waals surface area contributed by atoms with E-state index in [0.717, 1.165) is 5.75 Å². The number of benzene rings is 1. The number of thioether (sulfide) groups is 1. The third-order valence-corrected chi connectivity index (χ3v) is 5.39. The molecule has 0 unspecified atom stereocenters. The molecule has 22 heavy (non-hydrogen) atoms. The molecule has 0 aliphatic heterocycles. The van der Waals surface area contributed by atoms with Gasteiger partial charge in [-0.15, -0.1) is 23.1 Å². The summed E-state index contributed by atoms with van der Waals surface area (Å²) in [5.41, 5.74) is 4.30. The molecule has 0 radical (unpaired) electrons. The fourth-order valence-corrected chi connectivity index (χ4v) is 4.14. The van der Waals surface area contributed by atoms with Gasteiger partial charge in [0.05, 0.1) is 5.56 Å². The predicted molar refractivity (Wildman–Crippen MR) is 93.7 cm³/mol. The first kappa shape index (κ1) is 16.6. The summed E-state index contributed by atoms with van der Waals surface area (Å²) in [6.45, 7) is 6.30. The third-order valence-electron chi connectivity index (χ3n) is 3.22. The number of anilines is 1. The van der Waals surface area contributed by atoms with E-state index < -0.39 is 0 Å². The van der Waals surface area contributed by atoms with Gasteiger partial charge in [0, 0.05) is 17.1 Å². The van der Waals surface area contributed by atoms with Crippen LogP contribution in [0.25, 0.3) is 0 Å². The summed E-state index contributed by atoms with van der Waals surface area (Å²) in [4.78, 5) is 13.2. The third kappa shape index (κ3) is 4.12. The topological polar surface area (TPSA) is 52.9 Å². The van der Waals surface area contributed by atoms with Crippen LogP contribution in [0.4, 0.5) is 5.00 Å². The molecule has 1 aromatic carbocycles. The Morgan fingerprint density at radius 1 is 1.32 bits per heavy atom. The molecule has 0 atom stereocenters. The Kier molecular flexibility index (Phi) is 5.64. The van der Waals surface area contributed by atoms with E-state index in [4.69, 9.17) is 5.26 Å². The van der Waals surface area contributed by atoms with Crippen molar-refractivity contribution in [3.63, 3.8) is 0 Å². The maximum Gasteiger partial charge on any atom is 0.225 e. The first-order valence-electron chi connectivity index (χ1n) is 6.99. The molecule has 0 fully saturated rings. The smallest absolute Gasteiger partial charge is 0.225 e. The van der Waals surface area contributed by atoms with Crippen molar-refractivity contribution in [1.82, 2.24) is 0 Å². The zero-order chi connectivity index (χ0) is 16.1. The largest absolute Gasteiger partial charge is 0.317 e. The van der Waals surface area contributed by atoms with Crippen molar-refractivity contribution in [3.05, 3.63) is 45.8 Å². The minimum atomic E-state index is -0.0473. The fraction of sp³-hybridized carbons (Fsp3) is 0.294. The van der Waals surface area contributed by atoms with Crippen LogP contribution in [0.1, 0.15) is 28.7 Å². The molecular weight excluding hydrogens is 312 g/mol. The molecule has 0 saturated carbocycles. The summed E-state index contributed by atoms with van der Waals surface area (Å²) in [5, 5.41) is 14.2. The zero-order valence-corrected chi connectivity index (χ0v) is 14.5. The first-order chi connectivity index (χ1) is 10.5. The van der Waals surface area contributed by atoms with Crippen LogP contribution < -0.4 is 5.32 Å². The van der Waals surface area contributed by atoms with Crippen molar-refractivity contribution in [2.45, 2.75) is 32.1 Å². The molecule has 0 aliphatic carbocycles.